The molecule has 8 nitrogen and oxygen atoms in total. The van der Waals surface area contributed by atoms with Gasteiger partial charge in [0.15, 0.2) is 0 Å². The smallest absolute Gasteiger partial charge is 0.326 e. The molecule has 0 bridgehead atoms. The van der Waals surface area contributed by atoms with E-state index in [1.165, 1.54) is 14.0 Å². The van der Waals surface area contributed by atoms with Crippen molar-refractivity contribution in [3.8, 4) is 0 Å². The van der Waals surface area contributed by atoms with Crippen LogP contribution in [-0.4, -0.2) is 28.2 Å². The topological polar surface area (TPSA) is 127 Å². The van der Waals surface area contributed by atoms with Crippen LogP contribution in [0.15, 0.2) is 9.59 Å². The van der Waals surface area contributed by atoms with Crippen LogP contribution >= 0.6 is 0 Å². The first-order chi connectivity index (χ1) is 7.45. The number of urea groups is 1. The normalized spacial score (nSPS) is 11.9. The van der Waals surface area contributed by atoms with Crippen LogP contribution in [0, 0.1) is 0 Å². The van der Waals surface area contributed by atoms with E-state index < -0.39 is 23.4 Å². The van der Waals surface area contributed by atoms with Gasteiger partial charge in [-0.05, 0) is 6.92 Å². The van der Waals surface area contributed by atoms with Gasteiger partial charge in [-0.25, -0.2) is 9.59 Å². The number of hydrogen-bond donors (Lipinski definition) is 5. The van der Waals surface area contributed by atoms with E-state index in [1.807, 2.05) is 4.98 Å². The molecule has 1 rings (SSSR count). The third-order valence-electron chi connectivity index (χ3n) is 1.86. The number of aromatic nitrogens is 2. The summed E-state index contributed by atoms with van der Waals surface area (Å²) >= 11 is 0. The maximum Gasteiger partial charge on any atom is 0.326 e. The summed E-state index contributed by atoms with van der Waals surface area (Å²) in [4.78, 5) is 37.6. The Morgan fingerprint density at radius 1 is 1.38 bits per heavy atom. The van der Waals surface area contributed by atoms with E-state index in [9.17, 15) is 19.5 Å². The molecule has 0 saturated heterocycles. The fourth-order valence-electron chi connectivity index (χ4n) is 1.12. The minimum Gasteiger partial charge on any atom is -0.387 e. The number of nitrogens with one attached hydrogen (secondary N) is 4. The Balaban J connectivity index is 3.30. The first kappa shape index (κ1) is 12.0. The highest BCUT2D eigenvalue weighted by molar-refractivity contribution is 5.89. The van der Waals surface area contributed by atoms with Gasteiger partial charge in [0.1, 0.15) is 5.69 Å². The van der Waals surface area contributed by atoms with Crippen LogP contribution in [0.3, 0.4) is 0 Å². The van der Waals surface area contributed by atoms with Gasteiger partial charge in [-0.2, -0.15) is 0 Å². The molecule has 16 heavy (non-hydrogen) atoms. The Morgan fingerprint density at radius 3 is 2.50 bits per heavy atom. The zero-order valence-corrected chi connectivity index (χ0v) is 8.75. The van der Waals surface area contributed by atoms with Gasteiger partial charge in [-0.3, -0.25) is 9.78 Å². The maximum absolute atomic E-state index is 11.4. The summed E-state index contributed by atoms with van der Waals surface area (Å²) in [5, 5.41) is 13.8. The number of aliphatic hydroxyl groups is 1. The number of hydrogen-bond acceptors (Lipinski definition) is 4. The predicted molar refractivity (Wildman–Crippen MR) is 56.4 cm³/mol. The van der Waals surface area contributed by atoms with Crippen molar-refractivity contribution in [2.45, 2.75) is 13.0 Å². The van der Waals surface area contributed by atoms with Gasteiger partial charge in [-0.1, -0.05) is 0 Å². The average molecular weight is 228 g/mol. The van der Waals surface area contributed by atoms with Gasteiger partial charge in [0.2, 0.25) is 0 Å². The van der Waals surface area contributed by atoms with Crippen molar-refractivity contribution in [3.63, 3.8) is 0 Å². The lowest BCUT2D eigenvalue weighted by Crippen LogP contribution is -2.33. The monoisotopic (exact) mass is 228 g/mol. The summed E-state index contributed by atoms with van der Waals surface area (Å²) in [6.07, 6.45) is -1.08. The number of aromatic amines is 2. The van der Waals surface area contributed by atoms with Crippen molar-refractivity contribution < 1.29 is 9.90 Å². The highest BCUT2D eigenvalue weighted by atomic mass is 16.3. The molecule has 0 aromatic carbocycles. The molecule has 1 aromatic heterocycles. The van der Waals surface area contributed by atoms with E-state index in [1.54, 1.807) is 0 Å². The first-order valence-corrected chi connectivity index (χ1v) is 4.49. The highest BCUT2D eigenvalue weighted by Crippen LogP contribution is 2.13. The van der Waals surface area contributed by atoms with Crippen molar-refractivity contribution in [2.24, 2.45) is 0 Å². The summed E-state index contributed by atoms with van der Waals surface area (Å²) < 4.78 is 0. The fraction of sp³-hybridized carbons (Fsp3) is 0.375. The molecule has 1 atom stereocenters. The molecule has 5 N–H and O–H groups in total. The lowest BCUT2D eigenvalue weighted by Gasteiger charge is -2.10. The number of anilines is 1. The Hall–Kier alpha value is -2.09. The molecule has 0 radical (unpaired) electrons. The SMILES string of the molecule is CNC(=O)Nc1c(C(C)O)[nH]c(=O)[nH]c1=O. The van der Waals surface area contributed by atoms with E-state index in [0.29, 0.717) is 0 Å². The van der Waals surface area contributed by atoms with Crippen LogP contribution in [-0.2, 0) is 0 Å². The number of amides is 2. The summed E-state index contributed by atoms with van der Waals surface area (Å²) in [6, 6.07) is -0.626. The van der Waals surface area contributed by atoms with E-state index in [4.69, 9.17) is 0 Å². The average Bonchev–Trinajstić information content (AvgIpc) is 2.20. The fourth-order valence-corrected chi connectivity index (χ4v) is 1.12. The minimum atomic E-state index is -1.08. The molecule has 8 heteroatoms. The number of aliphatic hydroxyl groups excluding tert-OH is 1. The zero-order valence-electron chi connectivity index (χ0n) is 8.75. The molecule has 2 amide bonds. The molecule has 1 aromatic rings. The Morgan fingerprint density at radius 2 is 2.00 bits per heavy atom. The van der Waals surface area contributed by atoms with Crippen LogP contribution < -0.4 is 21.9 Å². The number of carbonyl (C=O) groups is 1. The molecule has 0 aliphatic rings. The van der Waals surface area contributed by atoms with Crippen molar-refractivity contribution in [3.05, 3.63) is 26.5 Å². The molecule has 88 valence electrons. The molecule has 0 saturated carbocycles. The predicted octanol–water partition coefficient (Wildman–Crippen LogP) is -1.13. The molecular formula is C8H12N4O4. The lowest BCUT2D eigenvalue weighted by molar-refractivity contribution is 0.194. The third kappa shape index (κ3) is 2.48. The molecule has 1 unspecified atom stereocenters. The second-order valence-corrected chi connectivity index (χ2v) is 3.08. The van der Waals surface area contributed by atoms with E-state index >= 15 is 0 Å². The quantitative estimate of drug-likeness (QED) is 0.438. The summed E-state index contributed by atoms with van der Waals surface area (Å²) in [6.45, 7) is 1.36. The summed E-state index contributed by atoms with van der Waals surface area (Å²) in [5.74, 6) is 0. The molecule has 1 heterocycles. The van der Waals surface area contributed by atoms with Gasteiger partial charge in [0, 0.05) is 7.05 Å². The molecule has 0 aliphatic heterocycles. The van der Waals surface area contributed by atoms with Crippen molar-refractivity contribution in [1.82, 2.24) is 15.3 Å². The first-order valence-electron chi connectivity index (χ1n) is 4.49. The van der Waals surface area contributed by atoms with E-state index in [-0.39, 0.29) is 11.4 Å². The Bertz CT molecular complexity index is 501. The van der Waals surface area contributed by atoms with Crippen LogP contribution in [0.1, 0.15) is 18.7 Å². The number of rotatable bonds is 2. The Labute approximate surface area is 89.7 Å². The lowest BCUT2D eigenvalue weighted by atomic mass is 10.2. The molecule has 0 fully saturated rings. The van der Waals surface area contributed by atoms with E-state index in [2.05, 4.69) is 15.6 Å². The molecule has 0 spiro atoms. The summed E-state index contributed by atoms with van der Waals surface area (Å²) in [7, 11) is 1.37. The third-order valence-corrected chi connectivity index (χ3v) is 1.86. The number of H-pyrrole nitrogens is 2. The number of carbonyl (C=O) groups excluding carboxylic acids is 1. The standard InChI is InChI=1S/C8H12N4O4/c1-3(13)4-5(11-7(15)9-2)6(14)12-8(16)10-4/h3,13H,1-2H3,(H2,9,11,15)(H2,10,12,14,16). The van der Waals surface area contributed by atoms with Gasteiger partial charge in [0.25, 0.3) is 5.56 Å². The zero-order chi connectivity index (χ0) is 12.3. The second-order valence-electron chi connectivity index (χ2n) is 3.08. The largest absolute Gasteiger partial charge is 0.387 e. The Kier molecular flexibility index (Phi) is 3.46. The van der Waals surface area contributed by atoms with Gasteiger partial charge in [0.05, 0.1) is 11.8 Å². The molecular weight excluding hydrogens is 216 g/mol. The van der Waals surface area contributed by atoms with Gasteiger partial charge >= 0.3 is 11.7 Å². The van der Waals surface area contributed by atoms with Crippen LogP contribution in [0.4, 0.5) is 10.5 Å². The second kappa shape index (κ2) is 4.62. The van der Waals surface area contributed by atoms with Crippen LogP contribution in [0.5, 0.6) is 0 Å². The maximum atomic E-state index is 11.4. The highest BCUT2D eigenvalue weighted by Gasteiger charge is 2.15. The van der Waals surface area contributed by atoms with Crippen LogP contribution in [0.2, 0.25) is 0 Å². The van der Waals surface area contributed by atoms with Crippen molar-refractivity contribution >= 4 is 11.7 Å². The van der Waals surface area contributed by atoms with Gasteiger partial charge < -0.3 is 20.7 Å². The van der Waals surface area contributed by atoms with Gasteiger partial charge in [-0.15, -0.1) is 0 Å². The molecule has 0 aliphatic carbocycles. The summed E-state index contributed by atoms with van der Waals surface area (Å²) in [5.41, 5.74) is -1.75. The van der Waals surface area contributed by atoms with Crippen molar-refractivity contribution in [2.75, 3.05) is 12.4 Å². The minimum absolute atomic E-state index is 0.0441. The van der Waals surface area contributed by atoms with Crippen LogP contribution in [0.25, 0.3) is 0 Å². The van der Waals surface area contributed by atoms with Crippen molar-refractivity contribution in [1.29, 1.82) is 0 Å². The van der Waals surface area contributed by atoms with E-state index in [0.717, 1.165) is 0 Å².